The molecule has 1 fully saturated rings. The third-order valence-electron chi connectivity index (χ3n) is 5.13. The lowest BCUT2D eigenvalue weighted by Gasteiger charge is -2.42. The van der Waals surface area contributed by atoms with Crippen LogP contribution in [-0.4, -0.2) is 53.1 Å². The minimum absolute atomic E-state index is 0.368. The van der Waals surface area contributed by atoms with Crippen LogP contribution >= 0.6 is 0 Å². The second kappa shape index (κ2) is 11.8. The van der Waals surface area contributed by atoms with Crippen LogP contribution in [0.3, 0.4) is 0 Å². The van der Waals surface area contributed by atoms with Crippen molar-refractivity contribution in [2.75, 3.05) is 47.1 Å². The van der Waals surface area contributed by atoms with Crippen LogP contribution in [0.1, 0.15) is 38.2 Å². The summed E-state index contributed by atoms with van der Waals surface area (Å²) in [5.41, 5.74) is 1.52. The van der Waals surface area contributed by atoms with Gasteiger partial charge in [0.25, 0.3) is 0 Å². The highest BCUT2D eigenvalue weighted by molar-refractivity contribution is 5.79. The summed E-state index contributed by atoms with van der Waals surface area (Å²) in [6, 6.07) is 8.08. The fraction of sp³-hybridized carbons (Fsp3) is 0.667. The van der Waals surface area contributed by atoms with E-state index in [1.54, 1.807) is 14.2 Å². The van der Waals surface area contributed by atoms with E-state index in [1.165, 1.54) is 19.3 Å². The molecule has 0 bridgehead atoms. The summed E-state index contributed by atoms with van der Waals surface area (Å²) in [5.74, 6) is 1.73. The van der Waals surface area contributed by atoms with Crippen molar-refractivity contribution in [2.45, 2.75) is 39.2 Å². The third kappa shape index (κ3) is 7.39. The van der Waals surface area contributed by atoms with Crippen molar-refractivity contribution in [3.8, 4) is 5.75 Å². The summed E-state index contributed by atoms with van der Waals surface area (Å²) in [5, 5.41) is 6.88. The van der Waals surface area contributed by atoms with Crippen molar-refractivity contribution in [3.05, 3.63) is 29.8 Å². The molecule has 0 aromatic heterocycles. The molecule has 0 radical (unpaired) electrons. The van der Waals surface area contributed by atoms with E-state index in [4.69, 9.17) is 19.2 Å². The molecule has 152 valence electrons. The zero-order chi connectivity index (χ0) is 19.4. The third-order valence-corrected chi connectivity index (χ3v) is 5.13. The van der Waals surface area contributed by atoms with E-state index in [1.807, 2.05) is 12.1 Å². The van der Waals surface area contributed by atoms with Gasteiger partial charge < -0.3 is 24.8 Å². The van der Waals surface area contributed by atoms with Gasteiger partial charge in [0, 0.05) is 33.9 Å². The summed E-state index contributed by atoms with van der Waals surface area (Å²) in [6.07, 6.45) is 4.97. The summed E-state index contributed by atoms with van der Waals surface area (Å²) >= 11 is 0. The summed E-state index contributed by atoms with van der Waals surface area (Å²) in [4.78, 5) is 4.73. The molecule has 1 aromatic rings. The van der Waals surface area contributed by atoms with E-state index >= 15 is 0 Å². The number of nitrogens with one attached hydrogen (secondary N) is 2. The van der Waals surface area contributed by atoms with Gasteiger partial charge in [-0.15, -0.1) is 0 Å². The molecule has 1 aliphatic rings. The van der Waals surface area contributed by atoms with Gasteiger partial charge in [-0.25, -0.2) is 4.99 Å². The Balaban J connectivity index is 1.85. The Hall–Kier alpha value is -1.79. The molecule has 0 unspecified atom stereocenters. The normalized spacial score (nSPS) is 15.9. The number of nitrogens with zero attached hydrogens (tertiary/aromatic N) is 1. The molecular weight excluding hydrogens is 342 g/mol. The maximum atomic E-state index is 5.60. The van der Waals surface area contributed by atoms with Crippen LogP contribution in [0.4, 0.5) is 0 Å². The first kappa shape index (κ1) is 21.5. The molecule has 1 aromatic carbocycles. The highest BCUT2D eigenvalue weighted by Gasteiger charge is 2.36. The zero-order valence-corrected chi connectivity index (χ0v) is 17.1. The first-order valence-corrected chi connectivity index (χ1v) is 9.93. The number of ether oxygens (including phenoxy) is 3. The fourth-order valence-corrected chi connectivity index (χ4v) is 3.23. The van der Waals surface area contributed by atoms with Crippen molar-refractivity contribution in [1.29, 1.82) is 0 Å². The number of hydrogen-bond acceptors (Lipinski definition) is 4. The van der Waals surface area contributed by atoms with Gasteiger partial charge in [-0.05, 0) is 49.3 Å². The van der Waals surface area contributed by atoms with Gasteiger partial charge in [0.1, 0.15) is 12.4 Å². The SMILES string of the molecule is CCNC(=NCc1ccc(OCCOC)cc1)NCC1(CCOC)CCC1. The lowest BCUT2D eigenvalue weighted by atomic mass is 9.67. The molecule has 1 aliphatic carbocycles. The molecule has 0 amide bonds. The van der Waals surface area contributed by atoms with Gasteiger partial charge in [0.05, 0.1) is 13.2 Å². The largest absolute Gasteiger partial charge is 0.491 e. The molecular formula is C21H35N3O3. The minimum Gasteiger partial charge on any atom is -0.491 e. The molecule has 6 heteroatoms. The predicted molar refractivity (Wildman–Crippen MR) is 109 cm³/mol. The zero-order valence-electron chi connectivity index (χ0n) is 17.1. The van der Waals surface area contributed by atoms with Gasteiger partial charge in [0.15, 0.2) is 5.96 Å². The smallest absolute Gasteiger partial charge is 0.191 e. The van der Waals surface area contributed by atoms with Crippen LogP contribution < -0.4 is 15.4 Å². The molecule has 27 heavy (non-hydrogen) atoms. The summed E-state index contributed by atoms with van der Waals surface area (Å²) < 4.78 is 15.9. The fourth-order valence-electron chi connectivity index (χ4n) is 3.23. The minimum atomic E-state index is 0.368. The Morgan fingerprint density at radius 2 is 1.78 bits per heavy atom. The topological polar surface area (TPSA) is 64.1 Å². The van der Waals surface area contributed by atoms with Gasteiger partial charge in [0.2, 0.25) is 0 Å². The Morgan fingerprint density at radius 3 is 2.37 bits per heavy atom. The average molecular weight is 378 g/mol. The van der Waals surface area contributed by atoms with Crippen molar-refractivity contribution >= 4 is 5.96 Å². The van der Waals surface area contributed by atoms with Gasteiger partial charge >= 0.3 is 0 Å². The quantitative estimate of drug-likeness (QED) is 0.333. The van der Waals surface area contributed by atoms with Gasteiger partial charge in [-0.3, -0.25) is 0 Å². The summed E-state index contributed by atoms with van der Waals surface area (Å²) in [6.45, 7) is 6.51. The van der Waals surface area contributed by atoms with E-state index in [0.29, 0.717) is 25.2 Å². The maximum absolute atomic E-state index is 5.60. The molecule has 1 saturated carbocycles. The predicted octanol–water partition coefficient (Wildman–Crippen LogP) is 2.97. The monoisotopic (exact) mass is 377 g/mol. The van der Waals surface area contributed by atoms with Crippen LogP contribution in [0.25, 0.3) is 0 Å². The lowest BCUT2D eigenvalue weighted by molar-refractivity contribution is 0.0732. The Morgan fingerprint density at radius 1 is 1.04 bits per heavy atom. The number of methoxy groups -OCH3 is 2. The van der Waals surface area contributed by atoms with Crippen molar-refractivity contribution < 1.29 is 14.2 Å². The summed E-state index contributed by atoms with van der Waals surface area (Å²) in [7, 11) is 3.45. The van der Waals surface area contributed by atoms with Crippen LogP contribution in [0.15, 0.2) is 29.3 Å². The van der Waals surface area contributed by atoms with Crippen molar-refractivity contribution in [1.82, 2.24) is 10.6 Å². The maximum Gasteiger partial charge on any atom is 0.191 e. The number of rotatable bonds is 12. The highest BCUT2D eigenvalue weighted by Crippen LogP contribution is 2.43. The first-order valence-electron chi connectivity index (χ1n) is 9.93. The number of guanidine groups is 1. The van der Waals surface area contributed by atoms with Crippen LogP contribution in [-0.2, 0) is 16.0 Å². The Labute approximate surface area is 163 Å². The molecule has 0 spiro atoms. The lowest BCUT2D eigenvalue weighted by Crippen LogP contribution is -2.46. The number of hydrogen-bond donors (Lipinski definition) is 2. The van der Waals surface area contributed by atoms with Crippen LogP contribution in [0, 0.1) is 5.41 Å². The number of benzene rings is 1. The first-order chi connectivity index (χ1) is 13.2. The second-order valence-electron chi connectivity index (χ2n) is 7.13. The average Bonchev–Trinajstić information content (AvgIpc) is 2.66. The highest BCUT2D eigenvalue weighted by atomic mass is 16.5. The van der Waals surface area contributed by atoms with Gasteiger partial charge in [-0.2, -0.15) is 0 Å². The van der Waals surface area contributed by atoms with Crippen molar-refractivity contribution in [2.24, 2.45) is 10.4 Å². The molecule has 0 atom stereocenters. The second-order valence-corrected chi connectivity index (χ2v) is 7.13. The van der Waals surface area contributed by atoms with Gasteiger partial charge in [-0.1, -0.05) is 18.6 Å². The van der Waals surface area contributed by atoms with E-state index in [9.17, 15) is 0 Å². The van der Waals surface area contributed by atoms with E-state index in [0.717, 1.165) is 43.4 Å². The molecule has 0 saturated heterocycles. The molecule has 2 N–H and O–H groups in total. The van der Waals surface area contributed by atoms with E-state index in [-0.39, 0.29) is 0 Å². The van der Waals surface area contributed by atoms with Crippen LogP contribution in [0.2, 0.25) is 0 Å². The van der Waals surface area contributed by atoms with Crippen molar-refractivity contribution in [3.63, 3.8) is 0 Å². The standard InChI is InChI=1S/C21H35N3O3/c1-4-22-20(24-17-21(10-5-11-21)12-13-25-2)23-16-18-6-8-19(9-7-18)27-15-14-26-3/h6-9H,4-5,10-17H2,1-3H3,(H2,22,23,24). The molecule has 2 rings (SSSR count). The Bertz CT molecular complexity index is 556. The van der Waals surface area contributed by atoms with E-state index in [2.05, 4.69) is 29.7 Å². The molecule has 0 heterocycles. The molecule has 6 nitrogen and oxygen atoms in total. The Kier molecular flexibility index (Phi) is 9.42. The van der Waals surface area contributed by atoms with Crippen LogP contribution in [0.5, 0.6) is 5.75 Å². The number of aliphatic imine (C=N–C) groups is 1. The molecule has 0 aliphatic heterocycles. The van der Waals surface area contributed by atoms with E-state index < -0.39 is 0 Å².